The molecule has 3 N–H and O–H groups in total. The van der Waals surface area contributed by atoms with Gasteiger partial charge in [0.25, 0.3) is 0 Å². The fraction of sp³-hybridized carbons (Fsp3) is 0.571. The molecule has 7 nitrogen and oxygen atoms in total. The number of nitrogens with zero attached hydrogens (tertiary/aromatic N) is 3. The number of pyridine rings is 1. The lowest BCUT2D eigenvalue weighted by Crippen LogP contribution is -2.47. The van der Waals surface area contributed by atoms with E-state index in [-0.39, 0.29) is 35.5 Å². The molecule has 7 heteroatoms. The molecular formula is C21H29N5O2. The van der Waals surface area contributed by atoms with Crippen LogP contribution in [0.4, 0.5) is 5.82 Å². The third-order valence-corrected chi connectivity index (χ3v) is 6.39. The van der Waals surface area contributed by atoms with E-state index in [1.165, 1.54) is 0 Å². The van der Waals surface area contributed by atoms with Crippen LogP contribution in [0.3, 0.4) is 0 Å². The zero-order valence-corrected chi connectivity index (χ0v) is 16.2. The van der Waals surface area contributed by atoms with Crippen LogP contribution < -0.4 is 16.0 Å². The first kappa shape index (κ1) is 18.9. The highest BCUT2D eigenvalue weighted by molar-refractivity contribution is 5.89. The number of piperazine rings is 1. The predicted molar refractivity (Wildman–Crippen MR) is 107 cm³/mol. The Bertz CT molecular complexity index is 730. The lowest BCUT2D eigenvalue weighted by atomic mass is 9.82. The van der Waals surface area contributed by atoms with Crippen LogP contribution in [0.25, 0.3) is 0 Å². The molecule has 28 heavy (non-hydrogen) atoms. The Morgan fingerprint density at radius 1 is 1.11 bits per heavy atom. The first-order chi connectivity index (χ1) is 13.6. The standard InChI is InChI=1S/C21H29N5O2/c22-20(27)18-15-5-6-16(14-15)19(18)21(28)24-8-3-9-25-10-12-26(13-11-25)17-4-1-2-7-23-17/h1-2,4-7,15-16,18-19H,3,8-14H2,(H2,22,27)(H,24,28). The molecule has 1 aromatic rings. The highest BCUT2D eigenvalue weighted by Crippen LogP contribution is 2.47. The maximum absolute atomic E-state index is 12.6. The van der Waals surface area contributed by atoms with E-state index in [9.17, 15) is 9.59 Å². The van der Waals surface area contributed by atoms with Crippen molar-refractivity contribution in [3.8, 4) is 0 Å². The number of carbonyl (C=O) groups is 2. The molecule has 2 aliphatic carbocycles. The van der Waals surface area contributed by atoms with Gasteiger partial charge in [0.05, 0.1) is 11.8 Å². The van der Waals surface area contributed by atoms with Gasteiger partial charge in [0.2, 0.25) is 11.8 Å². The quantitative estimate of drug-likeness (QED) is 0.532. The van der Waals surface area contributed by atoms with E-state index in [0.29, 0.717) is 6.54 Å². The molecular weight excluding hydrogens is 354 g/mol. The van der Waals surface area contributed by atoms with Gasteiger partial charge in [-0.05, 0) is 43.4 Å². The van der Waals surface area contributed by atoms with Crippen LogP contribution in [0.5, 0.6) is 0 Å². The highest BCUT2D eigenvalue weighted by atomic mass is 16.2. The Balaban J connectivity index is 1.17. The second-order valence-electron chi connectivity index (χ2n) is 8.06. The molecule has 1 saturated carbocycles. The normalized spacial score (nSPS) is 29.2. The van der Waals surface area contributed by atoms with Gasteiger partial charge in [0.1, 0.15) is 5.82 Å². The smallest absolute Gasteiger partial charge is 0.224 e. The van der Waals surface area contributed by atoms with E-state index in [1.54, 1.807) is 0 Å². The summed E-state index contributed by atoms with van der Waals surface area (Å²) >= 11 is 0. The summed E-state index contributed by atoms with van der Waals surface area (Å²) < 4.78 is 0. The monoisotopic (exact) mass is 383 g/mol. The molecule has 0 spiro atoms. The first-order valence-corrected chi connectivity index (χ1v) is 10.3. The van der Waals surface area contributed by atoms with Crippen LogP contribution in [0, 0.1) is 23.7 Å². The molecule has 2 bridgehead atoms. The number of hydrogen-bond donors (Lipinski definition) is 2. The van der Waals surface area contributed by atoms with Gasteiger partial charge in [-0.3, -0.25) is 14.5 Å². The molecule has 1 aromatic heterocycles. The number of hydrogen-bond acceptors (Lipinski definition) is 5. The largest absolute Gasteiger partial charge is 0.369 e. The molecule has 1 saturated heterocycles. The van der Waals surface area contributed by atoms with Crippen LogP contribution in [0.1, 0.15) is 12.8 Å². The molecule has 150 valence electrons. The van der Waals surface area contributed by atoms with Gasteiger partial charge in [-0.1, -0.05) is 18.2 Å². The van der Waals surface area contributed by atoms with E-state index < -0.39 is 0 Å². The molecule has 1 aliphatic heterocycles. The van der Waals surface area contributed by atoms with Gasteiger partial charge >= 0.3 is 0 Å². The highest BCUT2D eigenvalue weighted by Gasteiger charge is 2.50. The van der Waals surface area contributed by atoms with Gasteiger partial charge in [-0.2, -0.15) is 0 Å². The van der Waals surface area contributed by atoms with Crippen molar-refractivity contribution in [1.82, 2.24) is 15.2 Å². The Kier molecular flexibility index (Phi) is 5.62. The van der Waals surface area contributed by atoms with E-state index >= 15 is 0 Å². The Labute approximate surface area is 166 Å². The third-order valence-electron chi connectivity index (χ3n) is 6.39. The SMILES string of the molecule is NC(=O)C1C2C=CC(C2)C1C(=O)NCCCN1CCN(c2ccccn2)CC1. The maximum Gasteiger partial charge on any atom is 0.224 e. The molecule has 2 fully saturated rings. The Morgan fingerprint density at radius 3 is 2.54 bits per heavy atom. The number of rotatable bonds is 7. The van der Waals surface area contributed by atoms with Gasteiger partial charge in [-0.15, -0.1) is 0 Å². The van der Waals surface area contributed by atoms with Crippen LogP contribution in [-0.4, -0.2) is 61.0 Å². The first-order valence-electron chi connectivity index (χ1n) is 10.3. The molecule has 2 amide bonds. The third kappa shape index (κ3) is 3.90. The minimum absolute atomic E-state index is 0.0133. The van der Waals surface area contributed by atoms with Crippen molar-refractivity contribution >= 4 is 17.6 Å². The summed E-state index contributed by atoms with van der Waals surface area (Å²) in [5.74, 6) is 0.377. The summed E-state index contributed by atoms with van der Waals surface area (Å²) in [5, 5.41) is 3.04. The van der Waals surface area contributed by atoms with Gasteiger partial charge in [-0.25, -0.2) is 4.98 Å². The van der Waals surface area contributed by atoms with E-state index in [0.717, 1.165) is 51.4 Å². The minimum atomic E-state index is -0.345. The summed E-state index contributed by atoms with van der Waals surface area (Å²) in [4.78, 5) is 33.5. The fourth-order valence-corrected chi connectivity index (χ4v) is 4.94. The van der Waals surface area contributed by atoms with Crippen molar-refractivity contribution in [1.29, 1.82) is 0 Å². The van der Waals surface area contributed by atoms with Crippen LogP contribution in [0.2, 0.25) is 0 Å². The summed E-state index contributed by atoms with van der Waals surface area (Å²) in [6.07, 6.45) is 7.75. The molecule has 4 atom stereocenters. The Morgan fingerprint density at radius 2 is 1.86 bits per heavy atom. The topological polar surface area (TPSA) is 91.6 Å². The number of primary amides is 1. The Hall–Kier alpha value is -2.41. The number of allylic oxidation sites excluding steroid dienone is 2. The molecule has 0 aromatic carbocycles. The number of nitrogens with one attached hydrogen (secondary N) is 1. The van der Waals surface area contributed by atoms with Gasteiger partial charge in [0, 0.05) is 38.9 Å². The second kappa shape index (κ2) is 8.31. The lowest BCUT2D eigenvalue weighted by molar-refractivity contribution is -0.133. The van der Waals surface area contributed by atoms with Crippen molar-refractivity contribution in [3.63, 3.8) is 0 Å². The van der Waals surface area contributed by atoms with Crippen molar-refractivity contribution in [2.75, 3.05) is 44.2 Å². The zero-order valence-electron chi connectivity index (χ0n) is 16.2. The number of anilines is 1. The van der Waals surface area contributed by atoms with Crippen LogP contribution in [-0.2, 0) is 9.59 Å². The zero-order chi connectivity index (χ0) is 19.5. The van der Waals surface area contributed by atoms with Crippen molar-refractivity contribution in [2.24, 2.45) is 29.4 Å². The molecule has 4 unspecified atom stereocenters. The number of fused-ring (bicyclic) bond motifs is 2. The fourth-order valence-electron chi connectivity index (χ4n) is 4.94. The number of aromatic nitrogens is 1. The maximum atomic E-state index is 12.6. The molecule has 0 radical (unpaired) electrons. The summed E-state index contributed by atoms with van der Waals surface area (Å²) in [6.45, 7) is 5.56. The molecule has 3 aliphatic rings. The van der Waals surface area contributed by atoms with Crippen molar-refractivity contribution < 1.29 is 9.59 Å². The minimum Gasteiger partial charge on any atom is -0.369 e. The predicted octanol–water partition coefficient (Wildman–Crippen LogP) is 0.634. The molecule has 2 heterocycles. The van der Waals surface area contributed by atoms with E-state index in [1.807, 2.05) is 18.3 Å². The summed E-state index contributed by atoms with van der Waals surface area (Å²) in [6, 6.07) is 6.01. The number of nitrogens with two attached hydrogens (primary N) is 1. The lowest BCUT2D eigenvalue weighted by Gasteiger charge is -2.35. The van der Waals surface area contributed by atoms with Crippen LogP contribution in [0.15, 0.2) is 36.5 Å². The summed E-state index contributed by atoms with van der Waals surface area (Å²) in [5.41, 5.74) is 5.55. The summed E-state index contributed by atoms with van der Waals surface area (Å²) in [7, 11) is 0. The number of carbonyl (C=O) groups excluding carboxylic acids is 2. The average molecular weight is 383 g/mol. The number of amides is 2. The average Bonchev–Trinajstić information content (AvgIpc) is 3.34. The van der Waals surface area contributed by atoms with Gasteiger partial charge in [0.15, 0.2) is 0 Å². The second-order valence-corrected chi connectivity index (χ2v) is 8.06. The molecule has 4 rings (SSSR count). The van der Waals surface area contributed by atoms with Gasteiger partial charge < -0.3 is 16.0 Å². The van der Waals surface area contributed by atoms with E-state index in [4.69, 9.17) is 5.73 Å². The van der Waals surface area contributed by atoms with Crippen molar-refractivity contribution in [2.45, 2.75) is 12.8 Å². The van der Waals surface area contributed by atoms with Crippen LogP contribution >= 0.6 is 0 Å². The van der Waals surface area contributed by atoms with Crippen molar-refractivity contribution in [3.05, 3.63) is 36.5 Å². The van der Waals surface area contributed by atoms with E-state index in [2.05, 4.69) is 38.3 Å².